The van der Waals surface area contributed by atoms with E-state index in [9.17, 15) is 5.11 Å². The third kappa shape index (κ3) is 3.33. The van der Waals surface area contributed by atoms with Gasteiger partial charge in [0.05, 0.1) is 0 Å². The number of nitrogens with one attached hydrogen (secondary N) is 1. The molecule has 2 rings (SSSR count). The van der Waals surface area contributed by atoms with Crippen LogP contribution in [0.3, 0.4) is 0 Å². The van der Waals surface area contributed by atoms with Crippen molar-refractivity contribution in [2.75, 3.05) is 19.7 Å². The third-order valence-electron chi connectivity index (χ3n) is 4.19. The topological polar surface area (TPSA) is 32.3 Å². The number of rotatable bonds is 7. The van der Waals surface area contributed by atoms with Crippen LogP contribution in [0.15, 0.2) is 30.3 Å². The average molecular weight is 247 g/mol. The van der Waals surface area contributed by atoms with E-state index >= 15 is 0 Å². The molecule has 1 fully saturated rings. The van der Waals surface area contributed by atoms with Gasteiger partial charge in [-0.05, 0) is 30.2 Å². The Morgan fingerprint density at radius 1 is 1.22 bits per heavy atom. The summed E-state index contributed by atoms with van der Waals surface area (Å²) in [5.74, 6) is 1.19. The van der Waals surface area contributed by atoms with Crippen LogP contribution in [0.5, 0.6) is 0 Å². The summed E-state index contributed by atoms with van der Waals surface area (Å²) >= 11 is 0. The molecule has 0 radical (unpaired) electrons. The minimum Gasteiger partial charge on any atom is -0.396 e. The Morgan fingerprint density at radius 3 is 2.39 bits per heavy atom. The molecular formula is C16H25NO. The smallest absolute Gasteiger partial charge is 0.0499 e. The van der Waals surface area contributed by atoms with Gasteiger partial charge in [0, 0.05) is 25.1 Å². The second-order valence-corrected chi connectivity index (χ2v) is 6.05. The van der Waals surface area contributed by atoms with Crippen molar-refractivity contribution in [2.45, 2.75) is 32.6 Å². The Balaban J connectivity index is 1.87. The van der Waals surface area contributed by atoms with Gasteiger partial charge in [-0.25, -0.2) is 0 Å². The van der Waals surface area contributed by atoms with Crippen molar-refractivity contribution in [3.8, 4) is 0 Å². The van der Waals surface area contributed by atoms with Crippen molar-refractivity contribution < 1.29 is 5.11 Å². The fourth-order valence-corrected chi connectivity index (χ4v) is 2.50. The monoisotopic (exact) mass is 247 g/mol. The summed E-state index contributed by atoms with van der Waals surface area (Å²) in [6, 6.07) is 10.7. The highest BCUT2D eigenvalue weighted by Crippen LogP contribution is 2.44. The SMILES string of the molecule is CC(C)C(CNCC1(CO)CC1)c1ccccc1. The molecule has 0 amide bonds. The average Bonchev–Trinajstić information content (AvgIpc) is 3.16. The van der Waals surface area contributed by atoms with E-state index in [0.717, 1.165) is 13.1 Å². The minimum absolute atomic E-state index is 0.207. The van der Waals surface area contributed by atoms with E-state index in [1.807, 2.05) is 0 Å². The van der Waals surface area contributed by atoms with E-state index in [1.54, 1.807) is 0 Å². The fourth-order valence-electron chi connectivity index (χ4n) is 2.50. The summed E-state index contributed by atoms with van der Waals surface area (Å²) in [7, 11) is 0. The van der Waals surface area contributed by atoms with Gasteiger partial charge in [-0.15, -0.1) is 0 Å². The third-order valence-corrected chi connectivity index (χ3v) is 4.19. The first-order valence-electron chi connectivity index (χ1n) is 7.03. The molecule has 1 saturated carbocycles. The highest BCUT2D eigenvalue weighted by Gasteiger charge is 2.41. The Hall–Kier alpha value is -0.860. The van der Waals surface area contributed by atoms with Crippen molar-refractivity contribution in [1.82, 2.24) is 5.32 Å². The van der Waals surface area contributed by atoms with Crippen LogP contribution < -0.4 is 5.32 Å². The van der Waals surface area contributed by atoms with Crippen LogP contribution in [0.4, 0.5) is 0 Å². The molecule has 18 heavy (non-hydrogen) atoms. The first-order chi connectivity index (χ1) is 8.67. The number of benzene rings is 1. The van der Waals surface area contributed by atoms with Crippen molar-refractivity contribution in [1.29, 1.82) is 0 Å². The van der Waals surface area contributed by atoms with Crippen molar-refractivity contribution in [3.05, 3.63) is 35.9 Å². The lowest BCUT2D eigenvalue weighted by Gasteiger charge is -2.23. The van der Waals surface area contributed by atoms with E-state index < -0.39 is 0 Å². The van der Waals surface area contributed by atoms with Crippen LogP contribution >= 0.6 is 0 Å². The molecule has 0 saturated heterocycles. The van der Waals surface area contributed by atoms with Gasteiger partial charge < -0.3 is 10.4 Å². The lowest BCUT2D eigenvalue weighted by Crippen LogP contribution is -2.31. The second kappa shape index (κ2) is 5.85. The van der Waals surface area contributed by atoms with Crippen LogP contribution in [0.1, 0.15) is 38.2 Å². The maximum Gasteiger partial charge on any atom is 0.0499 e. The van der Waals surface area contributed by atoms with Gasteiger partial charge in [0.1, 0.15) is 0 Å². The quantitative estimate of drug-likeness (QED) is 0.776. The van der Waals surface area contributed by atoms with Crippen molar-refractivity contribution in [2.24, 2.45) is 11.3 Å². The predicted octanol–water partition coefficient (Wildman–Crippen LogP) is 2.79. The molecule has 0 aliphatic heterocycles. The lowest BCUT2D eigenvalue weighted by atomic mass is 9.88. The Morgan fingerprint density at radius 2 is 1.89 bits per heavy atom. The van der Waals surface area contributed by atoms with E-state index in [-0.39, 0.29) is 5.41 Å². The van der Waals surface area contributed by atoms with Gasteiger partial charge in [-0.3, -0.25) is 0 Å². The highest BCUT2D eigenvalue weighted by atomic mass is 16.3. The van der Waals surface area contributed by atoms with E-state index in [4.69, 9.17) is 0 Å². The standard InChI is InChI=1S/C16H25NO/c1-13(2)15(14-6-4-3-5-7-14)10-17-11-16(12-18)8-9-16/h3-7,13,15,17-18H,8-12H2,1-2H3. The van der Waals surface area contributed by atoms with Crippen LogP contribution in [0.25, 0.3) is 0 Å². The molecular weight excluding hydrogens is 222 g/mol. The summed E-state index contributed by atoms with van der Waals surface area (Å²) in [6.45, 7) is 6.84. The van der Waals surface area contributed by atoms with Gasteiger partial charge in [0.25, 0.3) is 0 Å². The van der Waals surface area contributed by atoms with E-state index in [0.29, 0.717) is 18.4 Å². The Labute approximate surface area is 110 Å². The molecule has 1 aliphatic rings. The first-order valence-corrected chi connectivity index (χ1v) is 7.03. The zero-order valence-electron chi connectivity index (χ0n) is 11.5. The molecule has 0 aromatic heterocycles. The van der Waals surface area contributed by atoms with Crippen LogP contribution in [-0.2, 0) is 0 Å². The number of aliphatic hydroxyl groups is 1. The minimum atomic E-state index is 0.207. The summed E-state index contributed by atoms with van der Waals surface area (Å²) in [6.07, 6.45) is 2.35. The number of hydrogen-bond acceptors (Lipinski definition) is 2. The first kappa shape index (κ1) is 13.6. The zero-order chi connectivity index (χ0) is 13.0. The van der Waals surface area contributed by atoms with Crippen molar-refractivity contribution in [3.63, 3.8) is 0 Å². The van der Waals surface area contributed by atoms with Crippen LogP contribution in [-0.4, -0.2) is 24.8 Å². The second-order valence-electron chi connectivity index (χ2n) is 6.05. The molecule has 1 aliphatic carbocycles. The Bertz CT molecular complexity index is 357. The predicted molar refractivity (Wildman–Crippen MR) is 75.6 cm³/mol. The van der Waals surface area contributed by atoms with Crippen molar-refractivity contribution >= 4 is 0 Å². The molecule has 0 bridgehead atoms. The van der Waals surface area contributed by atoms with Crippen LogP contribution in [0, 0.1) is 11.3 Å². The summed E-state index contributed by atoms with van der Waals surface area (Å²) in [4.78, 5) is 0. The normalized spacial score (nSPS) is 18.9. The lowest BCUT2D eigenvalue weighted by molar-refractivity contribution is 0.206. The summed E-state index contributed by atoms with van der Waals surface area (Å²) in [5, 5.41) is 12.9. The molecule has 100 valence electrons. The highest BCUT2D eigenvalue weighted by molar-refractivity contribution is 5.20. The van der Waals surface area contributed by atoms with Gasteiger partial charge >= 0.3 is 0 Å². The number of aliphatic hydroxyl groups excluding tert-OH is 1. The van der Waals surface area contributed by atoms with Gasteiger partial charge in [0.15, 0.2) is 0 Å². The molecule has 1 aromatic carbocycles. The maximum absolute atomic E-state index is 9.31. The molecule has 0 heterocycles. The molecule has 2 nitrogen and oxygen atoms in total. The fraction of sp³-hybridized carbons (Fsp3) is 0.625. The van der Waals surface area contributed by atoms with Gasteiger partial charge in [-0.2, -0.15) is 0 Å². The van der Waals surface area contributed by atoms with Gasteiger partial charge in [-0.1, -0.05) is 44.2 Å². The number of hydrogen-bond donors (Lipinski definition) is 2. The van der Waals surface area contributed by atoms with E-state index in [2.05, 4.69) is 49.5 Å². The molecule has 0 spiro atoms. The maximum atomic E-state index is 9.31. The molecule has 2 heteroatoms. The molecule has 1 atom stereocenters. The van der Waals surface area contributed by atoms with Crippen LogP contribution in [0.2, 0.25) is 0 Å². The largest absolute Gasteiger partial charge is 0.396 e. The zero-order valence-corrected chi connectivity index (χ0v) is 11.5. The van der Waals surface area contributed by atoms with Gasteiger partial charge in [0.2, 0.25) is 0 Å². The summed E-state index contributed by atoms with van der Waals surface area (Å²) < 4.78 is 0. The van der Waals surface area contributed by atoms with E-state index in [1.165, 1.54) is 18.4 Å². The molecule has 1 aromatic rings. The molecule has 2 N–H and O–H groups in total. The summed E-state index contributed by atoms with van der Waals surface area (Å²) in [5.41, 5.74) is 1.62. The molecule has 1 unspecified atom stereocenters. The Kier molecular flexibility index (Phi) is 4.41.